The number of unbranched alkanes of at least 4 members (excludes halogenated alkanes) is 9. The summed E-state index contributed by atoms with van der Waals surface area (Å²) >= 11 is 0. The fourth-order valence-corrected chi connectivity index (χ4v) is 12.3. The topological polar surface area (TPSA) is 39.4 Å². The summed E-state index contributed by atoms with van der Waals surface area (Å²) in [7, 11) is 0. The third kappa shape index (κ3) is 10.0. The van der Waals surface area contributed by atoms with Gasteiger partial charge in [0.25, 0.3) is 0 Å². The van der Waals surface area contributed by atoms with E-state index in [-0.39, 0.29) is 12.1 Å². The minimum atomic E-state index is 0.0489. The first-order chi connectivity index (χ1) is 25.0. The van der Waals surface area contributed by atoms with Crippen LogP contribution in [0.5, 0.6) is 0 Å². The molecule has 3 nitrogen and oxygen atoms in total. The summed E-state index contributed by atoms with van der Waals surface area (Å²) in [5.41, 5.74) is 5.28. The normalized spacial score (nSPS) is 30.5. The maximum absolute atomic E-state index is 12.9. The summed E-state index contributed by atoms with van der Waals surface area (Å²) in [5, 5.41) is 0. The minimum Gasteiger partial charge on any atom is -0.466 e. The fourth-order valence-electron chi connectivity index (χ4n) is 12.3. The van der Waals surface area contributed by atoms with E-state index in [1.54, 1.807) is 5.57 Å². The molecule has 4 aliphatic rings. The van der Waals surface area contributed by atoms with Crippen molar-refractivity contribution in [2.24, 2.45) is 46.3 Å². The number of hydrogen-bond acceptors (Lipinski definition) is 3. The van der Waals surface area contributed by atoms with Crippen LogP contribution < -0.4 is 0 Å². The summed E-state index contributed by atoms with van der Waals surface area (Å²) < 4.78 is 12.4. The van der Waals surface area contributed by atoms with Crippen molar-refractivity contribution in [1.82, 2.24) is 0 Å². The van der Waals surface area contributed by atoms with Crippen LogP contribution >= 0.6 is 0 Å². The zero-order valence-electron chi connectivity index (χ0n) is 35.5. The summed E-state index contributed by atoms with van der Waals surface area (Å²) in [6.45, 7) is 19.4. The third-order valence-corrected chi connectivity index (χ3v) is 15.7. The van der Waals surface area contributed by atoms with E-state index < -0.39 is 0 Å². The molecular formula is C49H82O3. The number of ether oxygens (including phenoxy) is 1. The molecule has 5 rings (SSSR count). The average Bonchev–Trinajstić information content (AvgIpc) is 3.60. The first kappa shape index (κ1) is 41.6. The summed E-state index contributed by atoms with van der Waals surface area (Å²) in [4.78, 5) is 12.9. The number of furan rings is 1. The number of carbonyl (C=O) groups excluding carboxylic acids is 1. The van der Waals surface area contributed by atoms with Gasteiger partial charge >= 0.3 is 5.97 Å². The Hall–Kier alpha value is -1.51. The molecule has 0 radical (unpaired) electrons. The van der Waals surface area contributed by atoms with Gasteiger partial charge in [-0.05, 0) is 136 Å². The van der Waals surface area contributed by atoms with Gasteiger partial charge in [0, 0.05) is 25.7 Å². The summed E-state index contributed by atoms with van der Waals surface area (Å²) in [6, 6.07) is 0. The molecule has 52 heavy (non-hydrogen) atoms. The van der Waals surface area contributed by atoms with E-state index in [0.717, 1.165) is 74.0 Å². The van der Waals surface area contributed by atoms with Gasteiger partial charge in [-0.1, -0.05) is 124 Å². The molecule has 0 aliphatic heterocycles. The molecule has 296 valence electrons. The maximum atomic E-state index is 12.9. The average molecular weight is 719 g/mol. The van der Waals surface area contributed by atoms with Crippen molar-refractivity contribution in [2.75, 3.05) is 0 Å². The lowest BCUT2D eigenvalue weighted by molar-refractivity contribution is -0.151. The highest BCUT2D eigenvalue weighted by molar-refractivity contribution is 5.69. The van der Waals surface area contributed by atoms with Gasteiger partial charge < -0.3 is 9.15 Å². The first-order valence-electron chi connectivity index (χ1n) is 22.9. The summed E-state index contributed by atoms with van der Waals surface area (Å²) in [6.07, 6.45) is 33.6. The molecule has 0 unspecified atom stereocenters. The standard InChI is InChI=1S/C49H82O3/c1-9-10-17-23-45-37(5)38(6)46(52-45)24-18-15-13-11-12-14-16-19-25-47(50)51-40-30-32-48(7)39(34-40)26-27-41-43-29-28-42(36(4)22-20-21-35(2)3)49(43,8)33-31-44(41)48/h26,35-36,40-44H,9-25,27-34H2,1-8H3/t36-,40+,41+,42-,43+,44+,48+,49-/m1/s1. The number of aryl methyl sites for hydroxylation is 2. The molecule has 1 heterocycles. The van der Waals surface area contributed by atoms with Crippen LogP contribution in [0, 0.1) is 60.2 Å². The third-order valence-electron chi connectivity index (χ3n) is 15.7. The molecule has 1 aromatic heterocycles. The predicted molar refractivity (Wildman–Crippen MR) is 220 cm³/mol. The van der Waals surface area contributed by atoms with E-state index in [2.05, 4.69) is 61.5 Å². The Morgan fingerprint density at radius 1 is 0.788 bits per heavy atom. The molecule has 3 fully saturated rings. The van der Waals surface area contributed by atoms with Crippen molar-refractivity contribution in [3.63, 3.8) is 0 Å². The van der Waals surface area contributed by atoms with Crippen LogP contribution in [0.1, 0.15) is 212 Å². The molecule has 0 spiro atoms. The number of hydrogen-bond donors (Lipinski definition) is 0. The summed E-state index contributed by atoms with van der Waals surface area (Å²) in [5.74, 6) is 7.73. The van der Waals surface area contributed by atoms with E-state index in [1.807, 2.05) is 0 Å². The van der Waals surface area contributed by atoms with Gasteiger partial charge in [-0.2, -0.15) is 0 Å². The molecule has 3 saturated carbocycles. The van der Waals surface area contributed by atoms with Crippen LogP contribution in [-0.2, 0) is 22.4 Å². The van der Waals surface area contributed by atoms with Crippen LogP contribution in [0.15, 0.2) is 16.1 Å². The fraction of sp³-hybridized carbons (Fsp3) is 0.857. The lowest BCUT2D eigenvalue weighted by Crippen LogP contribution is -2.51. The number of rotatable bonds is 21. The Balaban J connectivity index is 0.954. The second kappa shape index (κ2) is 19.4. The Labute approximate surface area is 321 Å². The second-order valence-corrected chi connectivity index (χ2v) is 19.6. The molecule has 1 aromatic rings. The highest BCUT2D eigenvalue weighted by atomic mass is 16.5. The first-order valence-corrected chi connectivity index (χ1v) is 22.9. The highest BCUT2D eigenvalue weighted by Crippen LogP contribution is 2.67. The van der Waals surface area contributed by atoms with E-state index in [9.17, 15) is 4.79 Å². The van der Waals surface area contributed by atoms with Crippen LogP contribution in [0.4, 0.5) is 0 Å². The number of fused-ring (bicyclic) bond motifs is 5. The maximum Gasteiger partial charge on any atom is 0.306 e. The van der Waals surface area contributed by atoms with Gasteiger partial charge in [-0.3, -0.25) is 4.79 Å². The molecule has 0 bridgehead atoms. The molecular weight excluding hydrogens is 637 g/mol. The molecule has 0 saturated heterocycles. The van der Waals surface area contributed by atoms with Crippen molar-refractivity contribution in [1.29, 1.82) is 0 Å². The van der Waals surface area contributed by atoms with Gasteiger partial charge in [0.05, 0.1) is 0 Å². The number of allylic oxidation sites excluding steroid dienone is 1. The van der Waals surface area contributed by atoms with Crippen molar-refractivity contribution in [3.8, 4) is 0 Å². The van der Waals surface area contributed by atoms with Crippen molar-refractivity contribution in [3.05, 3.63) is 34.3 Å². The minimum absolute atomic E-state index is 0.0489. The van der Waals surface area contributed by atoms with E-state index in [1.165, 1.54) is 138 Å². The lowest BCUT2D eigenvalue weighted by atomic mass is 9.47. The molecule has 3 heteroatoms. The monoisotopic (exact) mass is 719 g/mol. The van der Waals surface area contributed by atoms with Crippen molar-refractivity contribution >= 4 is 5.97 Å². The van der Waals surface area contributed by atoms with E-state index >= 15 is 0 Å². The van der Waals surface area contributed by atoms with E-state index in [0.29, 0.717) is 17.3 Å². The van der Waals surface area contributed by atoms with Crippen LogP contribution in [0.2, 0.25) is 0 Å². The zero-order valence-corrected chi connectivity index (χ0v) is 35.5. The SMILES string of the molecule is CCCCCc1oc(CCCCCCCCCCC(=O)O[C@H]2CC[C@@]3(C)C(=CC[C@H]4[C@@H]5CC[C@H]([C@H](C)CCCC(C)C)[C@@]5(C)CC[C@@H]43)C2)c(C)c1C. The number of esters is 1. The van der Waals surface area contributed by atoms with Gasteiger partial charge in [-0.15, -0.1) is 0 Å². The Morgan fingerprint density at radius 3 is 2.12 bits per heavy atom. The molecule has 0 aromatic carbocycles. The van der Waals surface area contributed by atoms with Crippen LogP contribution in [0.25, 0.3) is 0 Å². The molecule has 4 aliphatic carbocycles. The van der Waals surface area contributed by atoms with Crippen molar-refractivity contribution in [2.45, 2.75) is 222 Å². The molecule has 0 amide bonds. The van der Waals surface area contributed by atoms with Gasteiger partial charge in [-0.25, -0.2) is 0 Å². The highest BCUT2D eigenvalue weighted by Gasteiger charge is 2.59. The second-order valence-electron chi connectivity index (χ2n) is 19.6. The van der Waals surface area contributed by atoms with Gasteiger partial charge in [0.1, 0.15) is 17.6 Å². The Kier molecular flexibility index (Phi) is 15.5. The Bertz CT molecular complexity index is 1290. The quantitative estimate of drug-likeness (QED) is 0.0722. The smallest absolute Gasteiger partial charge is 0.306 e. The molecule has 0 N–H and O–H groups in total. The molecule has 8 atom stereocenters. The Morgan fingerprint density at radius 2 is 1.44 bits per heavy atom. The number of carbonyl (C=O) groups is 1. The van der Waals surface area contributed by atoms with Crippen LogP contribution in [-0.4, -0.2) is 12.1 Å². The largest absolute Gasteiger partial charge is 0.466 e. The lowest BCUT2D eigenvalue weighted by Gasteiger charge is -2.58. The van der Waals surface area contributed by atoms with Crippen LogP contribution in [0.3, 0.4) is 0 Å². The van der Waals surface area contributed by atoms with Gasteiger partial charge in [0.2, 0.25) is 0 Å². The zero-order chi connectivity index (χ0) is 37.3. The van der Waals surface area contributed by atoms with Crippen molar-refractivity contribution < 1.29 is 13.9 Å². The van der Waals surface area contributed by atoms with Gasteiger partial charge in [0.15, 0.2) is 0 Å². The predicted octanol–water partition coefficient (Wildman–Crippen LogP) is 14.6. The van der Waals surface area contributed by atoms with E-state index in [4.69, 9.17) is 9.15 Å².